The lowest BCUT2D eigenvalue weighted by Gasteiger charge is -2.31. The van der Waals surface area contributed by atoms with Crippen LogP contribution in [-0.2, 0) is 5.60 Å². The summed E-state index contributed by atoms with van der Waals surface area (Å²) in [5, 5.41) is 12.0. The van der Waals surface area contributed by atoms with E-state index in [1.165, 1.54) is 0 Å². The predicted octanol–water partition coefficient (Wildman–Crippen LogP) is 4.01. The zero-order chi connectivity index (χ0) is 20.1. The third kappa shape index (κ3) is 3.37. The van der Waals surface area contributed by atoms with Crippen molar-refractivity contribution in [2.45, 2.75) is 5.60 Å². The summed E-state index contributed by atoms with van der Waals surface area (Å²) >= 11 is 0. The molecule has 0 aliphatic rings. The molecule has 0 atom stereocenters. The normalized spacial score (nSPS) is 11.0. The van der Waals surface area contributed by atoms with Gasteiger partial charge in [-0.25, -0.2) is 0 Å². The van der Waals surface area contributed by atoms with Crippen LogP contribution < -0.4 is 18.9 Å². The van der Waals surface area contributed by atoms with Gasteiger partial charge >= 0.3 is 0 Å². The zero-order valence-corrected chi connectivity index (χ0v) is 16.4. The summed E-state index contributed by atoms with van der Waals surface area (Å²) in [5.41, 5.74) is 0.571. The molecule has 1 N–H and O–H groups in total. The van der Waals surface area contributed by atoms with Crippen LogP contribution in [0, 0.1) is 0 Å². The second-order valence-electron chi connectivity index (χ2n) is 6.22. The molecule has 0 bridgehead atoms. The third-order valence-corrected chi connectivity index (χ3v) is 4.79. The van der Waals surface area contributed by atoms with Crippen LogP contribution in [0.2, 0.25) is 0 Å². The molecule has 5 nitrogen and oxygen atoms in total. The van der Waals surface area contributed by atoms with Crippen molar-refractivity contribution in [2.75, 3.05) is 28.4 Å². The van der Waals surface area contributed by atoms with Crippen molar-refractivity contribution in [1.29, 1.82) is 0 Å². The molecule has 3 aromatic carbocycles. The molecule has 0 aromatic heterocycles. The van der Waals surface area contributed by atoms with Crippen LogP contribution in [-0.4, -0.2) is 33.5 Å². The first-order valence-electron chi connectivity index (χ1n) is 8.81. The topological polar surface area (TPSA) is 57.2 Å². The summed E-state index contributed by atoms with van der Waals surface area (Å²) in [6.45, 7) is 0. The van der Waals surface area contributed by atoms with Gasteiger partial charge in [-0.15, -0.1) is 0 Å². The average Bonchev–Trinajstić information content (AvgIpc) is 2.78. The van der Waals surface area contributed by atoms with E-state index in [1.54, 1.807) is 52.7 Å². The van der Waals surface area contributed by atoms with Gasteiger partial charge in [0, 0.05) is 0 Å². The Kier molecular flexibility index (Phi) is 5.76. The quantitative estimate of drug-likeness (QED) is 0.628. The van der Waals surface area contributed by atoms with Crippen molar-refractivity contribution in [3.05, 3.63) is 83.4 Å². The molecule has 0 spiro atoms. The first-order chi connectivity index (χ1) is 13.6. The Bertz CT molecular complexity index is 881. The highest BCUT2D eigenvalue weighted by Gasteiger charge is 2.35. The molecule has 146 valence electrons. The monoisotopic (exact) mass is 380 g/mol. The number of rotatable bonds is 7. The van der Waals surface area contributed by atoms with Gasteiger partial charge in [-0.3, -0.25) is 0 Å². The number of hydrogen-bond donors (Lipinski definition) is 1. The molecule has 0 fully saturated rings. The first-order valence-corrected chi connectivity index (χ1v) is 8.81. The first kappa shape index (κ1) is 19.6. The fraction of sp³-hybridized carbons (Fsp3) is 0.217. The summed E-state index contributed by atoms with van der Waals surface area (Å²) in [7, 11) is 6.30. The Hall–Kier alpha value is -3.18. The largest absolute Gasteiger partial charge is 0.493 e. The minimum Gasteiger partial charge on any atom is -0.493 e. The predicted molar refractivity (Wildman–Crippen MR) is 108 cm³/mol. The molecule has 28 heavy (non-hydrogen) atoms. The fourth-order valence-corrected chi connectivity index (χ4v) is 3.30. The zero-order valence-electron chi connectivity index (χ0n) is 16.4. The van der Waals surface area contributed by atoms with Gasteiger partial charge in [-0.05, 0) is 41.0 Å². The van der Waals surface area contributed by atoms with Crippen LogP contribution in [0.1, 0.15) is 16.7 Å². The summed E-state index contributed by atoms with van der Waals surface area (Å²) in [6, 6.07) is 20.2. The maximum atomic E-state index is 12.0. The van der Waals surface area contributed by atoms with Gasteiger partial charge in [0.25, 0.3) is 0 Å². The van der Waals surface area contributed by atoms with Crippen molar-refractivity contribution >= 4 is 0 Å². The SMILES string of the molecule is COc1ccc(C(O)(c2ccccc2)c2ccc(OC)c(OC)c2)cc1OC. The van der Waals surface area contributed by atoms with Gasteiger partial charge in [0.1, 0.15) is 5.60 Å². The third-order valence-electron chi connectivity index (χ3n) is 4.79. The van der Waals surface area contributed by atoms with Gasteiger partial charge in [0.2, 0.25) is 0 Å². The highest BCUT2D eigenvalue weighted by atomic mass is 16.5. The van der Waals surface area contributed by atoms with Gasteiger partial charge in [-0.1, -0.05) is 42.5 Å². The lowest BCUT2D eigenvalue weighted by atomic mass is 9.80. The average molecular weight is 380 g/mol. The maximum absolute atomic E-state index is 12.0. The van der Waals surface area contributed by atoms with Crippen LogP contribution in [0.15, 0.2) is 66.7 Å². The standard InChI is InChI=1S/C23H24O5/c1-25-19-12-10-17(14-21(19)27-3)23(24,16-8-6-5-7-9-16)18-11-13-20(26-2)22(15-18)28-4/h5-15,24H,1-4H3. The molecular formula is C23H24O5. The molecule has 0 saturated carbocycles. The summed E-state index contributed by atoms with van der Waals surface area (Å²) < 4.78 is 21.6. The van der Waals surface area contributed by atoms with Crippen LogP contribution >= 0.6 is 0 Å². The molecule has 0 amide bonds. The van der Waals surface area contributed by atoms with E-state index in [2.05, 4.69) is 0 Å². The molecule has 5 heteroatoms. The van der Waals surface area contributed by atoms with E-state index in [4.69, 9.17) is 18.9 Å². The number of methoxy groups -OCH3 is 4. The summed E-state index contributed by atoms with van der Waals surface area (Å²) in [6.07, 6.45) is 0. The van der Waals surface area contributed by atoms with E-state index in [-0.39, 0.29) is 0 Å². The van der Waals surface area contributed by atoms with Gasteiger partial charge < -0.3 is 24.1 Å². The van der Waals surface area contributed by atoms with E-state index in [0.717, 1.165) is 5.56 Å². The molecular weight excluding hydrogens is 356 g/mol. The molecule has 3 aromatic rings. The molecule has 0 aliphatic carbocycles. The van der Waals surface area contributed by atoms with Crippen molar-refractivity contribution in [3.63, 3.8) is 0 Å². The number of ether oxygens (including phenoxy) is 4. The van der Waals surface area contributed by atoms with Crippen LogP contribution in [0.4, 0.5) is 0 Å². The van der Waals surface area contributed by atoms with E-state index in [9.17, 15) is 5.11 Å². The number of benzene rings is 3. The Morgan fingerprint density at radius 2 is 0.964 bits per heavy atom. The Balaban J connectivity index is 2.26. The second-order valence-corrected chi connectivity index (χ2v) is 6.22. The molecule has 0 saturated heterocycles. The van der Waals surface area contributed by atoms with Crippen molar-refractivity contribution in [1.82, 2.24) is 0 Å². The smallest absolute Gasteiger partial charge is 0.161 e. The van der Waals surface area contributed by atoms with E-state index in [0.29, 0.717) is 34.1 Å². The van der Waals surface area contributed by atoms with E-state index in [1.807, 2.05) is 42.5 Å². The highest BCUT2D eigenvalue weighted by Crippen LogP contribution is 2.42. The van der Waals surface area contributed by atoms with Crippen LogP contribution in [0.5, 0.6) is 23.0 Å². The van der Waals surface area contributed by atoms with E-state index >= 15 is 0 Å². The van der Waals surface area contributed by atoms with Crippen LogP contribution in [0.3, 0.4) is 0 Å². The Morgan fingerprint density at radius 1 is 0.536 bits per heavy atom. The summed E-state index contributed by atoms with van der Waals surface area (Å²) in [4.78, 5) is 0. The lowest BCUT2D eigenvalue weighted by molar-refractivity contribution is 0.125. The minimum absolute atomic E-state index is 0.537. The Morgan fingerprint density at radius 3 is 1.36 bits per heavy atom. The van der Waals surface area contributed by atoms with Crippen LogP contribution in [0.25, 0.3) is 0 Å². The molecule has 0 aliphatic heterocycles. The van der Waals surface area contributed by atoms with Gasteiger partial charge in [0.05, 0.1) is 28.4 Å². The molecule has 0 unspecified atom stereocenters. The second kappa shape index (κ2) is 8.23. The van der Waals surface area contributed by atoms with E-state index < -0.39 is 5.60 Å². The number of hydrogen-bond acceptors (Lipinski definition) is 5. The fourth-order valence-electron chi connectivity index (χ4n) is 3.30. The molecule has 3 rings (SSSR count). The highest BCUT2D eigenvalue weighted by molar-refractivity contribution is 5.55. The Labute approximate surface area is 165 Å². The summed E-state index contributed by atoms with van der Waals surface area (Å²) in [5.74, 6) is 2.26. The van der Waals surface area contributed by atoms with Crippen molar-refractivity contribution in [3.8, 4) is 23.0 Å². The molecule has 0 heterocycles. The maximum Gasteiger partial charge on any atom is 0.161 e. The van der Waals surface area contributed by atoms with Crippen molar-refractivity contribution < 1.29 is 24.1 Å². The van der Waals surface area contributed by atoms with Crippen molar-refractivity contribution in [2.24, 2.45) is 0 Å². The van der Waals surface area contributed by atoms with Gasteiger partial charge in [0.15, 0.2) is 23.0 Å². The lowest BCUT2D eigenvalue weighted by Crippen LogP contribution is -2.29. The van der Waals surface area contributed by atoms with Gasteiger partial charge in [-0.2, -0.15) is 0 Å². The number of aliphatic hydroxyl groups is 1. The molecule has 0 radical (unpaired) electrons. The minimum atomic E-state index is -1.43.